The highest BCUT2D eigenvalue weighted by molar-refractivity contribution is 5.65. The van der Waals surface area contributed by atoms with Crippen LogP contribution in [0.4, 0.5) is 5.82 Å². The predicted molar refractivity (Wildman–Crippen MR) is 83.4 cm³/mol. The topological polar surface area (TPSA) is 54.3 Å². The van der Waals surface area contributed by atoms with Gasteiger partial charge in [-0.05, 0) is 30.4 Å². The molecule has 0 spiro atoms. The van der Waals surface area contributed by atoms with Crippen LogP contribution < -0.4 is 10.1 Å². The van der Waals surface area contributed by atoms with Crippen molar-refractivity contribution >= 4 is 5.82 Å². The first-order valence-electron chi connectivity index (χ1n) is 7.38. The molecule has 0 radical (unpaired) electrons. The molecular weight excluding hydrogens is 276 g/mol. The lowest BCUT2D eigenvalue weighted by molar-refractivity contribution is 0.409. The summed E-state index contributed by atoms with van der Waals surface area (Å²) < 4.78 is 5.52. The molecule has 1 aromatic carbocycles. The fraction of sp³-hybridized carbons (Fsp3) is 0.294. The number of fused-ring (bicyclic) bond motifs is 1. The molecule has 1 unspecified atom stereocenters. The Labute approximate surface area is 128 Å². The zero-order valence-electron chi connectivity index (χ0n) is 12.3. The largest absolute Gasteiger partial charge is 0.496 e. The lowest BCUT2D eigenvalue weighted by atomic mass is 9.85. The second-order valence-electron chi connectivity index (χ2n) is 5.69. The molecule has 2 heterocycles. The van der Waals surface area contributed by atoms with Crippen LogP contribution in [0.3, 0.4) is 0 Å². The molecule has 1 fully saturated rings. The van der Waals surface area contributed by atoms with Crippen LogP contribution in [0.2, 0.25) is 0 Å². The summed E-state index contributed by atoms with van der Waals surface area (Å²) in [5.74, 6) is 2.04. The van der Waals surface area contributed by atoms with E-state index in [1.165, 1.54) is 0 Å². The van der Waals surface area contributed by atoms with Crippen LogP contribution in [0.15, 0.2) is 41.9 Å². The lowest BCUT2D eigenvalue weighted by Gasteiger charge is -2.27. The molecule has 1 saturated carbocycles. The van der Waals surface area contributed by atoms with Gasteiger partial charge >= 0.3 is 0 Å². The van der Waals surface area contributed by atoms with E-state index in [2.05, 4.69) is 20.4 Å². The van der Waals surface area contributed by atoms with Crippen molar-refractivity contribution in [2.45, 2.75) is 18.8 Å². The Morgan fingerprint density at radius 3 is 2.82 bits per heavy atom. The second kappa shape index (κ2) is 4.92. The van der Waals surface area contributed by atoms with Crippen molar-refractivity contribution in [1.29, 1.82) is 0 Å². The van der Waals surface area contributed by atoms with E-state index in [0.29, 0.717) is 5.92 Å². The first-order valence-corrected chi connectivity index (χ1v) is 7.38. The van der Waals surface area contributed by atoms with Gasteiger partial charge in [-0.25, -0.2) is 4.85 Å². The monoisotopic (exact) mass is 292 g/mol. The molecule has 22 heavy (non-hydrogen) atoms. The minimum Gasteiger partial charge on any atom is -0.496 e. The standard InChI is InChI=1S/C17H16N4O/c1-18-16-14(11-5-3-4-6-13(11)22-2)12-9-19-21-17(12)20-15(16)10-7-8-10/h3-6,9-10,14H,7-8H2,2H3,(H2,19,20,21). The number of aromatic amines is 1. The van der Waals surface area contributed by atoms with Gasteiger partial charge in [-0.2, -0.15) is 5.10 Å². The molecule has 0 amide bonds. The van der Waals surface area contributed by atoms with Crippen molar-refractivity contribution in [3.63, 3.8) is 0 Å². The summed E-state index contributed by atoms with van der Waals surface area (Å²) in [4.78, 5) is 3.87. The van der Waals surface area contributed by atoms with Gasteiger partial charge in [0.1, 0.15) is 11.6 Å². The number of ether oxygens (including phenoxy) is 1. The molecule has 1 atom stereocenters. The van der Waals surface area contributed by atoms with Gasteiger partial charge in [0.2, 0.25) is 0 Å². The third-order valence-electron chi connectivity index (χ3n) is 4.34. The number of allylic oxidation sites excluding steroid dienone is 2. The molecule has 110 valence electrons. The van der Waals surface area contributed by atoms with Crippen LogP contribution in [0.25, 0.3) is 4.85 Å². The van der Waals surface area contributed by atoms with Crippen LogP contribution in [-0.4, -0.2) is 17.3 Å². The van der Waals surface area contributed by atoms with Crippen molar-refractivity contribution in [3.8, 4) is 5.75 Å². The summed E-state index contributed by atoms with van der Waals surface area (Å²) in [5, 5.41) is 10.6. The van der Waals surface area contributed by atoms with E-state index in [1.807, 2.05) is 24.3 Å². The quantitative estimate of drug-likeness (QED) is 0.851. The first-order chi connectivity index (χ1) is 10.8. The maximum absolute atomic E-state index is 7.71. The molecule has 5 heteroatoms. The fourth-order valence-electron chi connectivity index (χ4n) is 3.14. The van der Waals surface area contributed by atoms with Crippen LogP contribution >= 0.6 is 0 Å². The first kappa shape index (κ1) is 13.0. The van der Waals surface area contributed by atoms with Crippen molar-refractivity contribution in [1.82, 2.24) is 10.2 Å². The molecule has 2 N–H and O–H groups in total. The summed E-state index contributed by atoms with van der Waals surface area (Å²) >= 11 is 0. The van der Waals surface area contributed by atoms with Crippen LogP contribution in [0.1, 0.15) is 29.9 Å². The van der Waals surface area contributed by atoms with E-state index < -0.39 is 0 Å². The molecule has 2 aromatic rings. The van der Waals surface area contributed by atoms with E-state index in [4.69, 9.17) is 11.3 Å². The molecule has 1 aliphatic carbocycles. The Morgan fingerprint density at radius 1 is 1.27 bits per heavy atom. The number of para-hydroxylation sites is 1. The molecule has 1 aromatic heterocycles. The van der Waals surface area contributed by atoms with Crippen LogP contribution in [-0.2, 0) is 0 Å². The Morgan fingerprint density at radius 2 is 2.09 bits per heavy atom. The van der Waals surface area contributed by atoms with Gasteiger partial charge in [0.05, 0.1) is 25.8 Å². The summed E-state index contributed by atoms with van der Waals surface area (Å²) in [7, 11) is 1.67. The predicted octanol–water partition coefficient (Wildman–Crippen LogP) is 3.52. The number of benzene rings is 1. The van der Waals surface area contributed by atoms with Gasteiger partial charge < -0.3 is 10.1 Å². The molecule has 4 rings (SSSR count). The maximum atomic E-state index is 7.71. The van der Waals surface area contributed by atoms with Crippen LogP contribution in [0.5, 0.6) is 5.75 Å². The third-order valence-corrected chi connectivity index (χ3v) is 4.34. The Bertz CT molecular complexity index is 795. The average molecular weight is 292 g/mol. The molecule has 0 bridgehead atoms. The number of methoxy groups -OCH3 is 1. The highest BCUT2D eigenvalue weighted by Crippen LogP contribution is 2.49. The van der Waals surface area contributed by atoms with Gasteiger partial charge in [0.25, 0.3) is 0 Å². The van der Waals surface area contributed by atoms with E-state index in [-0.39, 0.29) is 5.92 Å². The van der Waals surface area contributed by atoms with Gasteiger partial charge in [0.15, 0.2) is 5.70 Å². The molecular formula is C17H16N4O. The molecule has 5 nitrogen and oxygen atoms in total. The van der Waals surface area contributed by atoms with Crippen molar-refractivity contribution in [2.24, 2.45) is 5.92 Å². The maximum Gasteiger partial charge on any atom is 0.196 e. The summed E-state index contributed by atoms with van der Waals surface area (Å²) in [6.07, 6.45) is 4.08. The normalized spacial score (nSPS) is 20.1. The zero-order valence-corrected chi connectivity index (χ0v) is 12.3. The number of rotatable bonds is 3. The highest BCUT2D eigenvalue weighted by atomic mass is 16.5. The van der Waals surface area contributed by atoms with Crippen molar-refractivity contribution in [3.05, 3.63) is 64.4 Å². The number of hydrogen-bond donors (Lipinski definition) is 2. The van der Waals surface area contributed by atoms with Gasteiger partial charge in [-0.3, -0.25) is 5.10 Å². The van der Waals surface area contributed by atoms with E-state index >= 15 is 0 Å². The Balaban J connectivity index is 1.93. The van der Waals surface area contributed by atoms with E-state index in [1.54, 1.807) is 13.3 Å². The van der Waals surface area contributed by atoms with Gasteiger partial charge in [-0.1, -0.05) is 18.2 Å². The number of anilines is 1. The Kier molecular flexibility index (Phi) is 2.90. The van der Waals surface area contributed by atoms with Crippen LogP contribution in [0, 0.1) is 12.5 Å². The molecule has 0 saturated heterocycles. The number of nitrogens with one attached hydrogen (secondary N) is 2. The summed E-state index contributed by atoms with van der Waals surface area (Å²) in [5.41, 5.74) is 3.82. The number of aromatic nitrogens is 2. The van der Waals surface area contributed by atoms with E-state index in [9.17, 15) is 0 Å². The van der Waals surface area contributed by atoms with Gasteiger partial charge in [0, 0.05) is 11.3 Å². The molecule has 2 aliphatic rings. The number of hydrogen-bond acceptors (Lipinski definition) is 3. The summed E-state index contributed by atoms with van der Waals surface area (Å²) in [6.45, 7) is 7.71. The van der Waals surface area contributed by atoms with Gasteiger partial charge in [-0.15, -0.1) is 0 Å². The smallest absolute Gasteiger partial charge is 0.196 e. The lowest BCUT2D eigenvalue weighted by Crippen LogP contribution is -2.18. The van der Waals surface area contributed by atoms with Crippen molar-refractivity contribution in [2.75, 3.05) is 12.4 Å². The van der Waals surface area contributed by atoms with Crippen molar-refractivity contribution < 1.29 is 4.74 Å². The average Bonchev–Trinajstić information content (AvgIpc) is 3.31. The van der Waals surface area contributed by atoms with E-state index in [0.717, 1.165) is 46.9 Å². The Hall–Kier alpha value is -2.74. The number of H-pyrrole nitrogens is 1. The highest BCUT2D eigenvalue weighted by Gasteiger charge is 2.38. The summed E-state index contributed by atoms with van der Waals surface area (Å²) in [6, 6.07) is 7.90. The minimum atomic E-state index is -0.126. The third kappa shape index (κ3) is 1.88. The SMILES string of the molecule is [C-]#[N+]C1=C(C2CC2)Nc2[nH]ncc2C1c1ccccc1OC. The second-order valence-corrected chi connectivity index (χ2v) is 5.69. The fourth-order valence-corrected chi connectivity index (χ4v) is 3.14. The minimum absolute atomic E-state index is 0.126. The molecule has 1 aliphatic heterocycles. The number of nitrogens with zero attached hydrogens (tertiary/aromatic N) is 2. The zero-order chi connectivity index (χ0) is 15.1.